The van der Waals surface area contributed by atoms with Crippen LogP contribution in [0.15, 0.2) is 35.7 Å². The second-order valence-electron chi connectivity index (χ2n) is 4.99. The Balaban J connectivity index is 0.00000154. The van der Waals surface area contributed by atoms with E-state index in [1.165, 1.54) is 5.57 Å². The fourth-order valence-electron chi connectivity index (χ4n) is 2.48. The Hall–Kier alpha value is -1.22. The Kier molecular flexibility index (Phi) is 8.24. The monoisotopic (exact) mass is 265 g/mol. The molecule has 1 aliphatic heterocycles. The molecule has 0 aromatic heterocycles. The van der Waals surface area contributed by atoms with Crippen LogP contribution in [0.25, 0.3) is 0 Å². The van der Waals surface area contributed by atoms with E-state index in [0.29, 0.717) is 5.92 Å². The van der Waals surface area contributed by atoms with E-state index in [4.69, 9.17) is 11.5 Å². The first kappa shape index (κ1) is 17.8. The number of hydrogen-bond acceptors (Lipinski definition) is 3. The lowest BCUT2D eigenvalue weighted by Crippen LogP contribution is -2.46. The van der Waals surface area contributed by atoms with E-state index in [2.05, 4.69) is 31.4 Å². The Morgan fingerprint density at radius 3 is 2.32 bits per heavy atom. The minimum atomic E-state index is 0.232. The van der Waals surface area contributed by atoms with E-state index >= 15 is 0 Å². The van der Waals surface area contributed by atoms with Crippen molar-refractivity contribution in [2.24, 2.45) is 17.4 Å². The molecule has 1 heterocycles. The first-order valence-corrected chi connectivity index (χ1v) is 7.25. The highest BCUT2D eigenvalue weighted by Crippen LogP contribution is 2.24. The lowest BCUT2D eigenvalue weighted by molar-refractivity contribution is 0.208. The molecule has 4 N–H and O–H groups in total. The molecule has 110 valence electrons. The second-order valence-corrected chi connectivity index (χ2v) is 4.99. The van der Waals surface area contributed by atoms with Gasteiger partial charge in [-0.1, -0.05) is 33.4 Å². The number of nitrogens with two attached hydrogens (primary N) is 2. The van der Waals surface area contributed by atoms with Crippen LogP contribution in [0.1, 0.15) is 41.0 Å². The van der Waals surface area contributed by atoms with Gasteiger partial charge in [-0.15, -0.1) is 0 Å². The van der Waals surface area contributed by atoms with Crippen molar-refractivity contribution in [3.05, 3.63) is 35.7 Å². The van der Waals surface area contributed by atoms with Gasteiger partial charge in [0.25, 0.3) is 0 Å². The summed E-state index contributed by atoms with van der Waals surface area (Å²) < 4.78 is 0. The van der Waals surface area contributed by atoms with Gasteiger partial charge in [-0.2, -0.15) is 0 Å². The van der Waals surface area contributed by atoms with E-state index in [1.807, 2.05) is 20.8 Å². The molecular weight excluding hydrogens is 234 g/mol. The molecule has 3 nitrogen and oxygen atoms in total. The minimum absolute atomic E-state index is 0.232. The van der Waals surface area contributed by atoms with E-state index in [0.717, 1.165) is 30.9 Å². The van der Waals surface area contributed by atoms with Crippen molar-refractivity contribution in [2.75, 3.05) is 13.1 Å². The van der Waals surface area contributed by atoms with Crippen molar-refractivity contribution in [3.8, 4) is 0 Å². The third-order valence-electron chi connectivity index (χ3n) is 3.31. The third-order valence-corrected chi connectivity index (χ3v) is 3.31. The van der Waals surface area contributed by atoms with Crippen LogP contribution in [0.5, 0.6) is 0 Å². The second kappa shape index (κ2) is 8.81. The van der Waals surface area contributed by atoms with Crippen LogP contribution in [0.3, 0.4) is 0 Å². The van der Waals surface area contributed by atoms with E-state index in [9.17, 15) is 0 Å². The Bertz CT molecular complexity index is 332. The molecule has 0 amide bonds. The maximum Gasteiger partial charge on any atom is 0.0626 e. The third kappa shape index (κ3) is 5.11. The average molecular weight is 265 g/mol. The molecule has 0 aliphatic carbocycles. The van der Waals surface area contributed by atoms with Gasteiger partial charge in [0.2, 0.25) is 0 Å². The Morgan fingerprint density at radius 2 is 1.89 bits per heavy atom. The minimum Gasteiger partial charge on any atom is -0.397 e. The lowest BCUT2D eigenvalue weighted by Gasteiger charge is -2.38. The van der Waals surface area contributed by atoms with Gasteiger partial charge in [0.05, 0.1) is 11.4 Å². The van der Waals surface area contributed by atoms with E-state index in [-0.39, 0.29) is 6.04 Å². The molecule has 1 rings (SSSR count). The molecule has 1 saturated heterocycles. The van der Waals surface area contributed by atoms with Crippen LogP contribution >= 0.6 is 0 Å². The number of piperidine rings is 1. The van der Waals surface area contributed by atoms with Gasteiger partial charge in [0.15, 0.2) is 0 Å². The van der Waals surface area contributed by atoms with Gasteiger partial charge in [-0.05, 0) is 37.8 Å². The summed E-state index contributed by atoms with van der Waals surface area (Å²) in [6.45, 7) is 16.0. The van der Waals surface area contributed by atoms with Crippen molar-refractivity contribution >= 4 is 0 Å². The highest BCUT2D eigenvalue weighted by atomic mass is 15.2. The molecule has 2 atom stereocenters. The number of hydrogen-bond donors (Lipinski definition) is 2. The Labute approximate surface area is 119 Å². The molecule has 0 radical (unpaired) electrons. The van der Waals surface area contributed by atoms with Gasteiger partial charge in [-0.3, -0.25) is 0 Å². The van der Waals surface area contributed by atoms with Crippen LogP contribution in [0, 0.1) is 5.92 Å². The number of allylic oxidation sites excluding steroid dienone is 3. The first-order chi connectivity index (χ1) is 8.99. The topological polar surface area (TPSA) is 55.3 Å². The molecule has 1 aliphatic rings. The lowest BCUT2D eigenvalue weighted by atomic mass is 9.95. The fraction of sp³-hybridized carbons (Fsp3) is 0.625. The van der Waals surface area contributed by atoms with Crippen molar-refractivity contribution in [1.82, 2.24) is 4.90 Å². The summed E-state index contributed by atoms with van der Waals surface area (Å²) in [6, 6.07) is 0.232. The smallest absolute Gasteiger partial charge is 0.0626 e. The van der Waals surface area contributed by atoms with Crippen molar-refractivity contribution in [3.63, 3.8) is 0 Å². The fourth-order valence-corrected chi connectivity index (χ4v) is 2.48. The zero-order valence-corrected chi connectivity index (χ0v) is 13.2. The molecule has 0 saturated carbocycles. The maximum absolute atomic E-state index is 6.09. The summed E-state index contributed by atoms with van der Waals surface area (Å²) in [5, 5.41) is 0. The Morgan fingerprint density at radius 1 is 1.32 bits per heavy atom. The van der Waals surface area contributed by atoms with Gasteiger partial charge in [0, 0.05) is 19.1 Å². The van der Waals surface area contributed by atoms with E-state index in [1.54, 1.807) is 6.08 Å². The predicted molar refractivity (Wildman–Crippen MR) is 85.5 cm³/mol. The molecule has 0 spiro atoms. The molecule has 2 unspecified atom stereocenters. The predicted octanol–water partition coefficient (Wildman–Crippen LogP) is 3.00. The SMILES string of the molecule is C=C/C(N)=C(\C(C)=C/C)N1CC(C)CC(N)C1.CC. The number of likely N-dealkylation sites (tertiary alicyclic amines) is 1. The standard InChI is InChI=1S/C14H25N3.C2H6/c1-5-11(4)14(13(16)6-2)17-8-10(3)7-12(15)9-17;1-2/h5-6,10,12H,2,7-9,15-16H2,1,3-4H3;1-2H3/b11-5-,14-13-;. The van der Waals surface area contributed by atoms with Crippen molar-refractivity contribution in [1.29, 1.82) is 0 Å². The van der Waals surface area contributed by atoms with Crippen LogP contribution < -0.4 is 11.5 Å². The van der Waals surface area contributed by atoms with Crippen LogP contribution in [-0.4, -0.2) is 24.0 Å². The molecule has 0 bridgehead atoms. The van der Waals surface area contributed by atoms with Gasteiger partial charge in [-0.25, -0.2) is 0 Å². The highest BCUT2D eigenvalue weighted by Gasteiger charge is 2.25. The molecular formula is C16H31N3. The molecule has 1 fully saturated rings. The summed E-state index contributed by atoms with van der Waals surface area (Å²) in [5.41, 5.74) is 15.1. The summed E-state index contributed by atoms with van der Waals surface area (Å²) in [6.07, 6.45) is 4.89. The van der Waals surface area contributed by atoms with Gasteiger partial charge >= 0.3 is 0 Å². The van der Waals surface area contributed by atoms with Crippen molar-refractivity contribution < 1.29 is 0 Å². The summed E-state index contributed by atoms with van der Waals surface area (Å²) >= 11 is 0. The van der Waals surface area contributed by atoms with Crippen molar-refractivity contribution in [2.45, 2.75) is 47.1 Å². The molecule has 3 heteroatoms. The molecule has 0 aromatic rings. The zero-order chi connectivity index (χ0) is 15.0. The van der Waals surface area contributed by atoms with Crippen LogP contribution in [0.4, 0.5) is 0 Å². The zero-order valence-electron chi connectivity index (χ0n) is 13.2. The van der Waals surface area contributed by atoms with Crippen LogP contribution in [-0.2, 0) is 0 Å². The first-order valence-electron chi connectivity index (χ1n) is 7.25. The summed E-state index contributed by atoms with van der Waals surface area (Å²) in [5.74, 6) is 0.607. The largest absolute Gasteiger partial charge is 0.397 e. The normalized spacial score (nSPS) is 25.2. The quantitative estimate of drug-likeness (QED) is 0.771. The summed E-state index contributed by atoms with van der Waals surface area (Å²) in [7, 11) is 0. The molecule has 0 aromatic carbocycles. The highest BCUT2D eigenvalue weighted by molar-refractivity contribution is 5.36. The maximum atomic E-state index is 6.09. The summed E-state index contributed by atoms with van der Waals surface area (Å²) in [4.78, 5) is 2.30. The number of nitrogens with zero attached hydrogens (tertiary/aromatic N) is 1. The van der Waals surface area contributed by atoms with Crippen LogP contribution in [0.2, 0.25) is 0 Å². The van der Waals surface area contributed by atoms with E-state index < -0.39 is 0 Å². The van der Waals surface area contributed by atoms with Gasteiger partial charge < -0.3 is 16.4 Å². The molecule has 19 heavy (non-hydrogen) atoms. The number of rotatable bonds is 3. The van der Waals surface area contributed by atoms with Gasteiger partial charge in [0.1, 0.15) is 0 Å². The average Bonchev–Trinajstić information content (AvgIpc) is 2.39.